The summed E-state index contributed by atoms with van der Waals surface area (Å²) in [4.78, 5) is 2.35. The van der Waals surface area contributed by atoms with Crippen LogP contribution in [0.2, 0.25) is 0 Å². The smallest absolute Gasteiger partial charge is 0.0541 e. The van der Waals surface area contributed by atoms with E-state index in [2.05, 4.69) is 204 Å². The predicted octanol–water partition coefficient (Wildman–Crippen LogP) is 13.4. The van der Waals surface area contributed by atoms with Gasteiger partial charge in [0, 0.05) is 33.2 Å². The third kappa shape index (κ3) is 4.65. The summed E-state index contributed by atoms with van der Waals surface area (Å²) in [7, 11) is 0. The fraction of sp³-hybridized carbons (Fsp3) is 0. The summed E-state index contributed by atoms with van der Waals surface area (Å²) in [5, 5.41) is 9.98. The fourth-order valence-corrected chi connectivity index (χ4v) is 7.71. The van der Waals surface area contributed by atoms with Gasteiger partial charge in [0.15, 0.2) is 0 Å². The van der Waals surface area contributed by atoms with Crippen molar-refractivity contribution in [3.05, 3.63) is 194 Å². The van der Waals surface area contributed by atoms with E-state index in [0.717, 1.165) is 11.4 Å². The van der Waals surface area contributed by atoms with E-state index in [1.54, 1.807) is 0 Å². The molecule has 9 aromatic carbocycles. The van der Waals surface area contributed by atoms with Crippen LogP contribution in [0.5, 0.6) is 0 Å². The first-order valence-corrected chi connectivity index (χ1v) is 17.2. The van der Waals surface area contributed by atoms with E-state index in [0.29, 0.717) is 0 Å². The number of nitrogens with zero attached hydrogens (tertiary/aromatic N) is 2. The molecule has 0 unspecified atom stereocenters. The molecule has 10 aromatic rings. The highest BCUT2D eigenvalue weighted by atomic mass is 15.1. The van der Waals surface area contributed by atoms with Gasteiger partial charge in [-0.1, -0.05) is 121 Å². The molecule has 0 aliphatic carbocycles. The molecule has 0 saturated carbocycles. The number of aromatic nitrogens is 1. The lowest BCUT2D eigenvalue weighted by atomic mass is 9.98. The predicted molar refractivity (Wildman–Crippen MR) is 213 cm³/mol. The average molecular weight is 637 g/mol. The molecule has 1 heterocycles. The van der Waals surface area contributed by atoms with Crippen molar-refractivity contribution >= 4 is 71.2 Å². The Hall–Kier alpha value is -6.64. The maximum atomic E-state index is 2.39. The third-order valence-electron chi connectivity index (χ3n) is 10.1. The molecule has 50 heavy (non-hydrogen) atoms. The highest BCUT2D eigenvalue weighted by Gasteiger charge is 2.16. The Labute approximate surface area is 290 Å². The van der Waals surface area contributed by atoms with E-state index in [4.69, 9.17) is 0 Å². The van der Waals surface area contributed by atoms with Crippen LogP contribution in [0, 0.1) is 0 Å². The van der Waals surface area contributed by atoms with Crippen LogP contribution >= 0.6 is 0 Å². The van der Waals surface area contributed by atoms with E-state index in [-0.39, 0.29) is 0 Å². The zero-order valence-electron chi connectivity index (χ0n) is 27.4. The Bertz CT molecular complexity index is 2810. The number of para-hydroxylation sites is 3. The van der Waals surface area contributed by atoms with Crippen LogP contribution in [0.1, 0.15) is 0 Å². The molecule has 0 aliphatic rings. The van der Waals surface area contributed by atoms with Gasteiger partial charge in [0.05, 0.1) is 16.7 Å². The fourth-order valence-electron chi connectivity index (χ4n) is 7.71. The largest absolute Gasteiger partial charge is 0.310 e. The molecule has 2 nitrogen and oxygen atoms in total. The van der Waals surface area contributed by atoms with Gasteiger partial charge in [0.2, 0.25) is 0 Å². The first-order chi connectivity index (χ1) is 24.8. The van der Waals surface area contributed by atoms with Crippen molar-refractivity contribution in [1.29, 1.82) is 0 Å². The van der Waals surface area contributed by atoms with Gasteiger partial charge in [-0.2, -0.15) is 0 Å². The maximum Gasteiger partial charge on any atom is 0.0541 e. The highest BCUT2D eigenvalue weighted by Crippen LogP contribution is 2.40. The number of fused-ring (bicyclic) bond motifs is 6. The summed E-state index contributed by atoms with van der Waals surface area (Å²) >= 11 is 0. The molecule has 0 N–H and O–H groups in total. The summed E-state index contributed by atoms with van der Waals surface area (Å²) in [5.41, 5.74) is 9.48. The van der Waals surface area contributed by atoms with Crippen molar-refractivity contribution < 1.29 is 0 Å². The van der Waals surface area contributed by atoms with Gasteiger partial charge in [-0.3, -0.25) is 0 Å². The third-order valence-corrected chi connectivity index (χ3v) is 10.1. The molecule has 0 fully saturated rings. The Morgan fingerprint density at radius 3 is 1.62 bits per heavy atom. The van der Waals surface area contributed by atoms with Gasteiger partial charge in [0.1, 0.15) is 0 Å². The van der Waals surface area contributed by atoms with Crippen LogP contribution in [0.3, 0.4) is 0 Å². The Morgan fingerprint density at radius 1 is 0.320 bits per heavy atom. The summed E-state index contributed by atoms with van der Waals surface area (Å²) in [6.45, 7) is 0. The summed E-state index contributed by atoms with van der Waals surface area (Å²) < 4.78 is 2.39. The lowest BCUT2D eigenvalue weighted by Crippen LogP contribution is -2.10. The molecular weight excluding hydrogens is 605 g/mol. The van der Waals surface area contributed by atoms with Gasteiger partial charge in [-0.15, -0.1) is 0 Å². The Balaban J connectivity index is 1.02. The van der Waals surface area contributed by atoms with E-state index in [1.807, 2.05) is 0 Å². The van der Waals surface area contributed by atoms with Crippen LogP contribution in [-0.4, -0.2) is 4.57 Å². The van der Waals surface area contributed by atoms with Crippen LogP contribution in [0.4, 0.5) is 17.1 Å². The molecule has 0 spiro atoms. The Morgan fingerprint density at radius 2 is 0.880 bits per heavy atom. The average Bonchev–Trinajstić information content (AvgIpc) is 3.52. The van der Waals surface area contributed by atoms with Gasteiger partial charge in [0.25, 0.3) is 0 Å². The van der Waals surface area contributed by atoms with Crippen LogP contribution < -0.4 is 4.90 Å². The number of rotatable bonds is 5. The van der Waals surface area contributed by atoms with Crippen molar-refractivity contribution in [3.8, 4) is 16.8 Å². The molecule has 2 heteroatoms. The number of hydrogen-bond acceptors (Lipinski definition) is 1. The van der Waals surface area contributed by atoms with Crippen molar-refractivity contribution in [2.45, 2.75) is 0 Å². The molecule has 0 aliphatic heterocycles. The Kier molecular flexibility index (Phi) is 6.53. The minimum atomic E-state index is 1.13. The SMILES string of the molecule is c1ccc(N(c2ccc(-c3ccc4cc5cc(-n6c7ccccc7c7ccccc76)ccc5cc4c3)cc2)c2cccc3ccccc23)cc1. The van der Waals surface area contributed by atoms with Crippen molar-refractivity contribution in [3.63, 3.8) is 0 Å². The van der Waals surface area contributed by atoms with Crippen molar-refractivity contribution in [2.24, 2.45) is 0 Å². The molecular formula is C48H32N2. The summed E-state index contributed by atoms with van der Waals surface area (Å²) in [6.07, 6.45) is 0. The zero-order valence-corrected chi connectivity index (χ0v) is 27.4. The lowest BCUT2D eigenvalue weighted by Gasteiger charge is -2.27. The first-order valence-electron chi connectivity index (χ1n) is 17.2. The molecule has 0 atom stereocenters. The second kappa shape index (κ2) is 11.5. The van der Waals surface area contributed by atoms with Gasteiger partial charge >= 0.3 is 0 Å². The van der Waals surface area contributed by atoms with Crippen molar-refractivity contribution in [1.82, 2.24) is 4.57 Å². The normalized spacial score (nSPS) is 11.6. The van der Waals surface area contributed by atoms with E-state index in [9.17, 15) is 0 Å². The van der Waals surface area contributed by atoms with E-state index < -0.39 is 0 Å². The summed E-state index contributed by atoms with van der Waals surface area (Å²) in [6, 6.07) is 70.5. The van der Waals surface area contributed by atoms with Crippen LogP contribution in [0.15, 0.2) is 194 Å². The summed E-state index contributed by atoms with van der Waals surface area (Å²) in [5.74, 6) is 0. The van der Waals surface area contributed by atoms with Crippen LogP contribution in [0.25, 0.3) is 70.9 Å². The quantitative estimate of drug-likeness (QED) is 0.171. The standard InChI is InChI=1S/C48H32N2/c1-2-13-40(14-3-1)49(46-20-10-12-34-11-4-5-15-43(34)46)41-26-23-33(24-27-41)35-21-22-36-31-39-32-42(28-25-37(39)30-38(36)29-35)50-47-18-8-6-16-44(47)45-17-7-9-19-48(45)50/h1-32H. The van der Waals surface area contributed by atoms with Gasteiger partial charge in [-0.25, -0.2) is 0 Å². The molecule has 0 saturated heterocycles. The maximum absolute atomic E-state index is 2.39. The van der Waals surface area contributed by atoms with Gasteiger partial charge < -0.3 is 9.47 Å². The van der Waals surface area contributed by atoms with E-state index >= 15 is 0 Å². The minimum absolute atomic E-state index is 1.13. The van der Waals surface area contributed by atoms with Gasteiger partial charge in [-0.05, 0) is 111 Å². The van der Waals surface area contributed by atoms with Crippen molar-refractivity contribution in [2.75, 3.05) is 4.90 Å². The lowest BCUT2D eigenvalue weighted by molar-refractivity contribution is 1.19. The topological polar surface area (TPSA) is 8.17 Å². The monoisotopic (exact) mass is 636 g/mol. The number of anilines is 3. The second-order valence-electron chi connectivity index (χ2n) is 13.0. The molecule has 0 amide bonds. The second-order valence-corrected chi connectivity index (χ2v) is 13.0. The molecule has 1 aromatic heterocycles. The molecule has 10 rings (SSSR count). The molecule has 0 bridgehead atoms. The molecule has 234 valence electrons. The number of hydrogen-bond donors (Lipinski definition) is 0. The molecule has 0 radical (unpaired) electrons. The van der Waals surface area contributed by atoms with Crippen LogP contribution in [-0.2, 0) is 0 Å². The van der Waals surface area contributed by atoms with E-state index in [1.165, 1.54) is 76.6 Å². The zero-order chi connectivity index (χ0) is 33.0. The number of benzene rings is 9. The first kappa shape index (κ1) is 28.4. The highest BCUT2D eigenvalue weighted by molar-refractivity contribution is 6.10. The minimum Gasteiger partial charge on any atom is -0.310 e.